The molecular formula is C13H12BrFN2. The molecule has 1 heterocycles. The summed E-state index contributed by atoms with van der Waals surface area (Å²) in [4.78, 5) is 4.36. The van der Waals surface area contributed by atoms with Gasteiger partial charge in [0.1, 0.15) is 11.6 Å². The van der Waals surface area contributed by atoms with Gasteiger partial charge in [-0.2, -0.15) is 0 Å². The van der Waals surface area contributed by atoms with Gasteiger partial charge in [0, 0.05) is 15.7 Å². The van der Waals surface area contributed by atoms with E-state index in [4.69, 9.17) is 0 Å². The number of benzene rings is 1. The molecule has 0 fully saturated rings. The van der Waals surface area contributed by atoms with Crippen molar-refractivity contribution in [3.63, 3.8) is 0 Å². The minimum Gasteiger partial charge on any atom is -0.340 e. The first-order valence-corrected chi connectivity index (χ1v) is 6.02. The van der Waals surface area contributed by atoms with Crippen molar-refractivity contribution in [2.24, 2.45) is 0 Å². The fourth-order valence-corrected chi connectivity index (χ4v) is 1.72. The maximum Gasteiger partial charge on any atom is 0.130 e. The minimum absolute atomic E-state index is 0.219. The molecule has 0 bridgehead atoms. The van der Waals surface area contributed by atoms with Gasteiger partial charge in [0.2, 0.25) is 0 Å². The van der Waals surface area contributed by atoms with Crippen LogP contribution >= 0.6 is 15.9 Å². The topological polar surface area (TPSA) is 24.9 Å². The second kappa shape index (κ2) is 4.84. The predicted molar refractivity (Wildman–Crippen MR) is 71.1 cm³/mol. The molecule has 2 nitrogen and oxygen atoms in total. The van der Waals surface area contributed by atoms with Crippen molar-refractivity contribution < 1.29 is 4.39 Å². The first kappa shape index (κ1) is 12.0. The number of hydrogen-bond acceptors (Lipinski definition) is 2. The summed E-state index contributed by atoms with van der Waals surface area (Å²) < 4.78 is 14.3. The highest BCUT2D eigenvalue weighted by molar-refractivity contribution is 9.10. The lowest BCUT2D eigenvalue weighted by Crippen LogP contribution is -1.98. The van der Waals surface area contributed by atoms with Crippen LogP contribution in [0.25, 0.3) is 0 Å². The molecule has 4 heteroatoms. The lowest BCUT2D eigenvalue weighted by atomic mass is 10.2. The van der Waals surface area contributed by atoms with E-state index in [0.717, 1.165) is 15.9 Å². The van der Waals surface area contributed by atoms with E-state index in [1.54, 1.807) is 13.0 Å². The van der Waals surface area contributed by atoms with Crippen LogP contribution in [-0.2, 0) is 0 Å². The summed E-state index contributed by atoms with van der Waals surface area (Å²) in [7, 11) is 0. The number of nitrogens with zero attached hydrogens (tertiary/aromatic N) is 1. The van der Waals surface area contributed by atoms with Crippen LogP contribution in [-0.4, -0.2) is 4.98 Å². The first-order chi connectivity index (χ1) is 8.08. The zero-order chi connectivity index (χ0) is 12.4. The van der Waals surface area contributed by atoms with Crippen molar-refractivity contribution in [2.75, 3.05) is 5.32 Å². The fourth-order valence-electron chi connectivity index (χ4n) is 1.49. The number of anilines is 2. The van der Waals surface area contributed by atoms with Crippen LogP contribution < -0.4 is 5.32 Å². The number of aromatic nitrogens is 1. The molecule has 0 saturated heterocycles. The predicted octanol–water partition coefficient (Wildman–Crippen LogP) is 4.34. The molecule has 0 amide bonds. The minimum atomic E-state index is -0.219. The van der Waals surface area contributed by atoms with E-state index in [9.17, 15) is 4.39 Å². The molecule has 88 valence electrons. The van der Waals surface area contributed by atoms with Crippen molar-refractivity contribution >= 4 is 27.4 Å². The molecule has 1 aromatic heterocycles. The van der Waals surface area contributed by atoms with Crippen LogP contribution in [0.3, 0.4) is 0 Å². The Morgan fingerprint density at radius 2 is 1.94 bits per heavy atom. The van der Waals surface area contributed by atoms with Crippen LogP contribution in [0.1, 0.15) is 11.3 Å². The SMILES string of the molecule is Cc1nc(Nc2cccc(F)c2C)ccc1Br. The van der Waals surface area contributed by atoms with Gasteiger partial charge in [0.25, 0.3) is 0 Å². The number of pyridine rings is 1. The summed E-state index contributed by atoms with van der Waals surface area (Å²) >= 11 is 3.39. The molecule has 0 saturated carbocycles. The lowest BCUT2D eigenvalue weighted by molar-refractivity contribution is 0.619. The molecule has 2 aromatic rings. The number of rotatable bonds is 2. The maximum atomic E-state index is 13.4. The first-order valence-electron chi connectivity index (χ1n) is 5.23. The second-order valence-electron chi connectivity index (χ2n) is 3.80. The van der Waals surface area contributed by atoms with Crippen molar-refractivity contribution in [1.82, 2.24) is 4.98 Å². The van der Waals surface area contributed by atoms with Crippen molar-refractivity contribution in [2.45, 2.75) is 13.8 Å². The highest BCUT2D eigenvalue weighted by atomic mass is 79.9. The molecule has 0 spiro atoms. The van der Waals surface area contributed by atoms with Gasteiger partial charge >= 0.3 is 0 Å². The average Bonchev–Trinajstić information content (AvgIpc) is 2.30. The van der Waals surface area contributed by atoms with Crippen molar-refractivity contribution in [3.05, 3.63) is 51.9 Å². The highest BCUT2D eigenvalue weighted by Gasteiger charge is 2.05. The van der Waals surface area contributed by atoms with Gasteiger partial charge in [-0.1, -0.05) is 6.07 Å². The van der Waals surface area contributed by atoms with Crippen LogP contribution in [0.15, 0.2) is 34.8 Å². The Hall–Kier alpha value is -1.42. The Balaban J connectivity index is 2.31. The second-order valence-corrected chi connectivity index (χ2v) is 4.66. The Morgan fingerprint density at radius 3 is 2.65 bits per heavy atom. The molecule has 0 aliphatic rings. The smallest absolute Gasteiger partial charge is 0.130 e. The van der Waals surface area contributed by atoms with Crippen molar-refractivity contribution in [3.8, 4) is 0 Å². The summed E-state index contributed by atoms with van der Waals surface area (Å²) in [5.41, 5.74) is 2.22. The van der Waals surface area contributed by atoms with Gasteiger partial charge in [-0.15, -0.1) is 0 Å². The monoisotopic (exact) mass is 294 g/mol. The number of hydrogen-bond donors (Lipinski definition) is 1. The summed E-state index contributed by atoms with van der Waals surface area (Å²) in [6.07, 6.45) is 0. The summed E-state index contributed by atoms with van der Waals surface area (Å²) in [5.74, 6) is 0.489. The molecule has 0 aliphatic carbocycles. The molecule has 0 radical (unpaired) electrons. The van der Waals surface area contributed by atoms with E-state index >= 15 is 0 Å². The van der Waals surface area contributed by atoms with Gasteiger partial charge in [0.05, 0.1) is 5.69 Å². The molecule has 0 aliphatic heterocycles. The number of aryl methyl sites for hydroxylation is 1. The van der Waals surface area contributed by atoms with Crippen LogP contribution in [0, 0.1) is 19.7 Å². The molecule has 0 unspecified atom stereocenters. The average molecular weight is 295 g/mol. The van der Waals surface area contributed by atoms with E-state index < -0.39 is 0 Å². The van der Waals surface area contributed by atoms with Crippen LogP contribution in [0.5, 0.6) is 0 Å². The van der Waals surface area contributed by atoms with Gasteiger partial charge in [-0.05, 0) is 54.0 Å². The quantitative estimate of drug-likeness (QED) is 0.891. The Kier molecular flexibility index (Phi) is 3.43. The molecule has 17 heavy (non-hydrogen) atoms. The summed E-state index contributed by atoms with van der Waals surface area (Å²) in [6.45, 7) is 3.65. The largest absolute Gasteiger partial charge is 0.340 e. The number of nitrogens with one attached hydrogen (secondary N) is 1. The molecule has 1 aromatic carbocycles. The van der Waals surface area contributed by atoms with E-state index in [-0.39, 0.29) is 5.82 Å². The van der Waals surface area contributed by atoms with Crippen molar-refractivity contribution in [1.29, 1.82) is 0 Å². The molecular weight excluding hydrogens is 283 g/mol. The van der Waals surface area contributed by atoms with E-state index in [2.05, 4.69) is 26.2 Å². The maximum absolute atomic E-state index is 13.4. The third kappa shape index (κ3) is 2.64. The van der Waals surface area contributed by atoms with E-state index in [0.29, 0.717) is 11.4 Å². The van der Waals surface area contributed by atoms with Gasteiger partial charge < -0.3 is 5.32 Å². The van der Waals surface area contributed by atoms with Gasteiger partial charge in [-0.25, -0.2) is 9.37 Å². The standard InChI is InChI=1S/C13H12BrFN2/c1-8-11(15)4-3-5-12(8)17-13-7-6-10(14)9(2)16-13/h3-7H,1-2H3,(H,16,17). The van der Waals surface area contributed by atoms with Crippen LogP contribution in [0.2, 0.25) is 0 Å². The molecule has 0 atom stereocenters. The Morgan fingerprint density at radius 1 is 1.18 bits per heavy atom. The Labute approximate surface area is 108 Å². The van der Waals surface area contributed by atoms with E-state index in [1.807, 2.05) is 25.1 Å². The lowest BCUT2D eigenvalue weighted by Gasteiger charge is -2.10. The van der Waals surface area contributed by atoms with Gasteiger partial charge in [0.15, 0.2) is 0 Å². The van der Waals surface area contributed by atoms with Gasteiger partial charge in [-0.3, -0.25) is 0 Å². The number of halogens is 2. The normalized spacial score (nSPS) is 10.4. The third-order valence-electron chi connectivity index (χ3n) is 2.55. The molecule has 1 N–H and O–H groups in total. The molecule has 2 rings (SSSR count). The zero-order valence-electron chi connectivity index (χ0n) is 9.59. The zero-order valence-corrected chi connectivity index (χ0v) is 11.2. The highest BCUT2D eigenvalue weighted by Crippen LogP contribution is 2.23. The summed E-state index contributed by atoms with van der Waals surface area (Å²) in [6, 6.07) is 8.72. The van der Waals surface area contributed by atoms with Crippen LogP contribution in [0.4, 0.5) is 15.9 Å². The fraction of sp³-hybridized carbons (Fsp3) is 0.154. The third-order valence-corrected chi connectivity index (χ3v) is 3.39. The Bertz CT molecular complexity index is 555. The van der Waals surface area contributed by atoms with E-state index in [1.165, 1.54) is 6.07 Å². The summed E-state index contributed by atoms with van der Waals surface area (Å²) in [5, 5.41) is 3.11.